The molecule has 0 radical (unpaired) electrons. The Kier molecular flexibility index (Phi) is 6.67. The summed E-state index contributed by atoms with van der Waals surface area (Å²) in [6.07, 6.45) is 5.97. The van der Waals surface area contributed by atoms with Crippen molar-refractivity contribution in [1.29, 1.82) is 0 Å². The Balaban J connectivity index is 1.47. The van der Waals surface area contributed by atoms with Gasteiger partial charge < -0.3 is 20.9 Å². The molecule has 2 aliphatic carbocycles. The van der Waals surface area contributed by atoms with Gasteiger partial charge in [0.15, 0.2) is 11.6 Å². The second-order valence-electron chi connectivity index (χ2n) is 9.39. The van der Waals surface area contributed by atoms with Gasteiger partial charge in [-0.3, -0.25) is 9.89 Å². The van der Waals surface area contributed by atoms with E-state index in [1.807, 2.05) is 19.9 Å². The molecule has 2 saturated carbocycles. The number of nitrogens with zero attached hydrogens (tertiary/aromatic N) is 3. The number of allylic oxidation sites excluding steroid dienone is 1. The quantitative estimate of drug-likeness (QED) is 0.621. The van der Waals surface area contributed by atoms with Crippen LogP contribution < -0.4 is 16.2 Å². The Morgan fingerprint density at radius 2 is 2.06 bits per heavy atom. The fourth-order valence-electron chi connectivity index (χ4n) is 5.29. The number of alkyl halides is 2. The van der Waals surface area contributed by atoms with E-state index in [2.05, 4.69) is 21.5 Å². The molecule has 5 atom stereocenters. The molecule has 0 spiro atoms. The Morgan fingerprint density at radius 1 is 1.34 bits per heavy atom. The van der Waals surface area contributed by atoms with Gasteiger partial charge in [0, 0.05) is 54.3 Å². The van der Waals surface area contributed by atoms with E-state index in [0.29, 0.717) is 41.2 Å². The lowest BCUT2D eigenvalue weighted by molar-refractivity contribution is -0.0495. The monoisotopic (exact) mass is 449 g/mol. The summed E-state index contributed by atoms with van der Waals surface area (Å²) in [7, 11) is 0. The Hall–Kier alpha value is -2.26. The number of aliphatic imine (C=N–C) groups is 1. The largest absolute Gasteiger partial charge is 0.431 e. The Morgan fingerprint density at radius 3 is 2.69 bits per heavy atom. The maximum atomic E-state index is 12.6. The van der Waals surface area contributed by atoms with Crippen molar-refractivity contribution < 1.29 is 18.3 Å². The second kappa shape index (κ2) is 9.31. The van der Waals surface area contributed by atoms with Crippen LogP contribution in [-0.4, -0.2) is 60.1 Å². The van der Waals surface area contributed by atoms with Crippen LogP contribution in [0.1, 0.15) is 39.2 Å². The minimum absolute atomic E-state index is 0.0990. The molecule has 0 amide bonds. The van der Waals surface area contributed by atoms with E-state index in [1.54, 1.807) is 0 Å². The number of aromatic nitrogens is 1. The molecule has 4 N–H and O–H groups in total. The van der Waals surface area contributed by atoms with E-state index in [9.17, 15) is 8.78 Å². The minimum Gasteiger partial charge on any atom is -0.431 e. The fourth-order valence-corrected chi connectivity index (χ4v) is 5.29. The van der Waals surface area contributed by atoms with Crippen LogP contribution in [0.25, 0.3) is 5.70 Å². The number of hydrogen-bond donors (Lipinski definition) is 2. The van der Waals surface area contributed by atoms with Gasteiger partial charge in [-0.2, -0.15) is 8.78 Å². The number of morpholine rings is 1. The van der Waals surface area contributed by atoms with Crippen molar-refractivity contribution >= 4 is 17.2 Å². The van der Waals surface area contributed by atoms with Gasteiger partial charge in [-0.1, -0.05) is 0 Å². The lowest BCUT2D eigenvalue weighted by Gasteiger charge is -2.36. The molecule has 9 heteroatoms. The summed E-state index contributed by atoms with van der Waals surface area (Å²) in [4.78, 5) is 11.4. The number of halogens is 2. The van der Waals surface area contributed by atoms with Crippen molar-refractivity contribution in [1.82, 2.24) is 9.88 Å². The molecule has 1 aliphatic heterocycles. The molecule has 0 aromatic carbocycles. The number of anilines is 1. The van der Waals surface area contributed by atoms with Gasteiger partial charge in [0.1, 0.15) is 0 Å². The zero-order valence-electron chi connectivity index (χ0n) is 18.9. The lowest BCUT2D eigenvalue weighted by atomic mass is 10.00. The minimum atomic E-state index is -2.98. The highest BCUT2D eigenvalue weighted by Crippen LogP contribution is 2.59. The predicted octanol–water partition coefficient (Wildman–Crippen LogP) is 3.16. The summed E-state index contributed by atoms with van der Waals surface area (Å²) in [6, 6.07) is 2.15. The molecule has 176 valence electrons. The van der Waals surface area contributed by atoms with Crippen molar-refractivity contribution in [2.45, 2.75) is 58.4 Å². The van der Waals surface area contributed by atoms with Crippen LogP contribution in [0.2, 0.25) is 0 Å². The number of pyridine rings is 1. The Bertz CT molecular complexity index is 879. The molecule has 7 nitrogen and oxygen atoms in total. The van der Waals surface area contributed by atoms with Crippen molar-refractivity contribution in [2.75, 3.05) is 25.4 Å². The molecule has 3 fully saturated rings. The van der Waals surface area contributed by atoms with Gasteiger partial charge in [0.2, 0.25) is 0 Å². The lowest BCUT2D eigenvalue weighted by Crippen LogP contribution is -2.46. The average Bonchev–Trinajstić information content (AvgIpc) is 3.21. The summed E-state index contributed by atoms with van der Waals surface area (Å²) in [5, 5.41) is 0. The van der Waals surface area contributed by atoms with Crippen LogP contribution in [-0.2, 0) is 4.74 Å². The molecule has 3 aliphatic rings. The second-order valence-corrected chi connectivity index (χ2v) is 9.39. The highest BCUT2D eigenvalue weighted by molar-refractivity contribution is 6.04. The van der Waals surface area contributed by atoms with Gasteiger partial charge in [-0.05, 0) is 57.6 Å². The molecule has 1 aromatic heterocycles. The zero-order chi connectivity index (χ0) is 23.0. The first-order valence-electron chi connectivity index (χ1n) is 11.3. The molecular formula is C23H33F2N5O2. The van der Waals surface area contributed by atoms with E-state index in [-0.39, 0.29) is 17.6 Å². The summed E-state index contributed by atoms with van der Waals surface area (Å²) < 4.78 is 35.4. The number of rotatable bonds is 7. The van der Waals surface area contributed by atoms with E-state index in [4.69, 9.17) is 21.2 Å². The summed E-state index contributed by atoms with van der Waals surface area (Å²) in [5.41, 5.74) is 13.9. The first kappa shape index (κ1) is 22.9. The summed E-state index contributed by atoms with van der Waals surface area (Å²) >= 11 is 0. The number of nitrogens with two attached hydrogens (primary N) is 2. The van der Waals surface area contributed by atoms with Gasteiger partial charge in [0.05, 0.1) is 12.7 Å². The topological polar surface area (TPSA) is 99.0 Å². The maximum Gasteiger partial charge on any atom is 0.387 e. The maximum absolute atomic E-state index is 12.6. The summed E-state index contributed by atoms with van der Waals surface area (Å²) in [5.74, 6) is 1.34. The van der Waals surface area contributed by atoms with E-state index in [1.165, 1.54) is 25.1 Å². The van der Waals surface area contributed by atoms with Crippen molar-refractivity contribution in [3.8, 4) is 5.75 Å². The van der Waals surface area contributed by atoms with Crippen molar-refractivity contribution in [2.24, 2.45) is 28.5 Å². The third-order valence-electron chi connectivity index (χ3n) is 6.69. The predicted molar refractivity (Wildman–Crippen MR) is 120 cm³/mol. The molecule has 2 unspecified atom stereocenters. The highest BCUT2D eigenvalue weighted by Gasteiger charge is 2.58. The third kappa shape index (κ3) is 5.04. The van der Waals surface area contributed by atoms with Gasteiger partial charge in [-0.25, -0.2) is 4.98 Å². The fraction of sp³-hybridized carbons (Fsp3) is 0.652. The first-order chi connectivity index (χ1) is 15.2. The molecule has 1 aromatic rings. The average molecular weight is 450 g/mol. The molecular weight excluding hydrogens is 416 g/mol. The van der Waals surface area contributed by atoms with Crippen LogP contribution in [0.3, 0.4) is 0 Å². The molecule has 1 saturated heterocycles. The SMILES string of the molecule is CC(C)N=C(C=C(N)c1cnc(N)c(OC(F)F)c1)C1[C@H]2CC(N3CCO[C@@H](C)C3)C[C@@H]12. The first-order valence-corrected chi connectivity index (χ1v) is 11.3. The number of fused-ring (bicyclic) bond motifs is 1. The van der Waals surface area contributed by atoms with Crippen LogP contribution in [0.15, 0.2) is 23.3 Å². The van der Waals surface area contributed by atoms with Gasteiger partial charge >= 0.3 is 6.61 Å². The van der Waals surface area contributed by atoms with Gasteiger partial charge in [0.25, 0.3) is 0 Å². The normalized spacial score (nSPS) is 31.3. The van der Waals surface area contributed by atoms with E-state index < -0.39 is 6.61 Å². The van der Waals surface area contributed by atoms with Crippen LogP contribution in [0.5, 0.6) is 5.75 Å². The van der Waals surface area contributed by atoms with E-state index in [0.717, 1.165) is 25.4 Å². The Labute approximate surface area is 187 Å². The smallest absolute Gasteiger partial charge is 0.387 e. The van der Waals surface area contributed by atoms with Crippen LogP contribution in [0, 0.1) is 17.8 Å². The summed E-state index contributed by atoms with van der Waals surface area (Å²) in [6.45, 7) is 6.05. The van der Waals surface area contributed by atoms with Crippen LogP contribution in [0.4, 0.5) is 14.6 Å². The van der Waals surface area contributed by atoms with E-state index >= 15 is 0 Å². The third-order valence-corrected chi connectivity index (χ3v) is 6.69. The van der Waals surface area contributed by atoms with Gasteiger partial charge in [-0.15, -0.1) is 0 Å². The number of nitrogen functional groups attached to an aromatic ring is 1. The number of ether oxygens (including phenoxy) is 2. The van der Waals surface area contributed by atoms with Crippen LogP contribution >= 0.6 is 0 Å². The van der Waals surface area contributed by atoms with Crippen molar-refractivity contribution in [3.05, 3.63) is 23.9 Å². The number of hydrogen-bond acceptors (Lipinski definition) is 7. The zero-order valence-corrected chi connectivity index (χ0v) is 18.9. The van der Waals surface area contributed by atoms with Crippen molar-refractivity contribution in [3.63, 3.8) is 0 Å². The molecule has 4 rings (SSSR count). The highest BCUT2D eigenvalue weighted by atomic mass is 19.3. The standard InChI is InChI=1S/C23H33F2N5O2/c1-12(2)29-19(9-18(26)14-6-20(32-23(24)25)22(27)28-10-14)21-16-7-15(8-17(16)21)30-4-5-31-13(3)11-30/h6,9-10,12-13,15-17,21,23H,4-5,7-8,11,26H2,1-3H3,(H2,27,28)/t13-,15?,16-,17+,21?/m0/s1. The molecule has 0 bridgehead atoms. The molecule has 32 heavy (non-hydrogen) atoms. The molecule has 2 heterocycles.